The van der Waals surface area contributed by atoms with Gasteiger partial charge in [-0.05, 0) is 26.2 Å². The van der Waals surface area contributed by atoms with E-state index >= 15 is 0 Å². The normalized spacial score (nSPS) is 37.4. The van der Waals surface area contributed by atoms with Crippen LogP contribution in [0.2, 0.25) is 0 Å². The van der Waals surface area contributed by atoms with Crippen molar-refractivity contribution >= 4 is 0 Å². The number of nitrogens with zero attached hydrogens (tertiary/aromatic N) is 2. The van der Waals surface area contributed by atoms with Gasteiger partial charge in [-0.15, -0.1) is 0 Å². The van der Waals surface area contributed by atoms with Crippen LogP contribution < -0.4 is 10.6 Å². The molecule has 4 heterocycles. The predicted molar refractivity (Wildman–Crippen MR) is 83.5 cm³/mol. The van der Waals surface area contributed by atoms with E-state index < -0.39 is 0 Å². The lowest BCUT2D eigenvalue weighted by Crippen LogP contribution is -2.74. The summed E-state index contributed by atoms with van der Waals surface area (Å²) in [5, 5.41) is 7.04. The fraction of sp³-hybridized carbons (Fsp3) is 1.00. The molecule has 0 aromatic heterocycles. The average molecular weight is 294 g/mol. The molecule has 4 aliphatic rings. The molecule has 0 amide bonds. The summed E-state index contributed by atoms with van der Waals surface area (Å²) in [5.74, 6) is 0.788. The van der Waals surface area contributed by atoms with Gasteiger partial charge in [0.25, 0.3) is 0 Å². The molecule has 0 bridgehead atoms. The van der Waals surface area contributed by atoms with Gasteiger partial charge in [-0.2, -0.15) is 0 Å². The van der Waals surface area contributed by atoms with E-state index in [1.807, 2.05) is 0 Å². The van der Waals surface area contributed by atoms with Crippen molar-refractivity contribution in [1.29, 1.82) is 0 Å². The van der Waals surface area contributed by atoms with Crippen molar-refractivity contribution in [3.63, 3.8) is 0 Å². The molecule has 4 rings (SSSR count). The van der Waals surface area contributed by atoms with Gasteiger partial charge in [0, 0.05) is 63.9 Å². The van der Waals surface area contributed by atoms with E-state index in [1.54, 1.807) is 0 Å². The monoisotopic (exact) mass is 294 g/mol. The highest BCUT2D eigenvalue weighted by molar-refractivity contribution is 5.09. The van der Waals surface area contributed by atoms with Gasteiger partial charge in [-0.25, -0.2) is 0 Å². The Bertz CT molecular complexity index is 372. The summed E-state index contributed by atoms with van der Waals surface area (Å²) in [5.41, 5.74) is 0.409. The van der Waals surface area contributed by atoms with Crippen molar-refractivity contribution < 1.29 is 4.74 Å². The minimum atomic E-state index is 0.114. The van der Waals surface area contributed by atoms with Crippen molar-refractivity contribution in [2.75, 3.05) is 59.0 Å². The van der Waals surface area contributed by atoms with Crippen LogP contribution in [0.3, 0.4) is 0 Å². The number of likely N-dealkylation sites (tertiary alicyclic amines) is 1. The van der Waals surface area contributed by atoms with Crippen LogP contribution in [0.1, 0.15) is 20.3 Å². The van der Waals surface area contributed by atoms with Crippen molar-refractivity contribution in [3.8, 4) is 0 Å². The minimum Gasteiger partial charge on any atom is -0.370 e. The number of ether oxygens (including phenoxy) is 1. The second-order valence-corrected chi connectivity index (χ2v) is 8.00. The van der Waals surface area contributed by atoms with Gasteiger partial charge < -0.3 is 15.4 Å². The highest BCUT2D eigenvalue weighted by Gasteiger charge is 2.53. The topological polar surface area (TPSA) is 39.8 Å². The van der Waals surface area contributed by atoms with E-state index in [9.17, 15) is 0 Å². The van der Waals surface area contributed by atoms with Crippen molar-refractivity contribution in [2.45, 2.75) is 37.5 Å². The second-order valence-electron chi connectivity index (χ2n) is 8.00. The zero-order valence-corrected chi connectivity index (χ0v) is 13.5. The molecule has 4 fully saturated rings. The van der Waals surface area contributed by atoms with Gasteiger partial charge in [-0.3, -0.25) is 9.80 Å². The third-order valence-corrected chi connectivity index (χ3v) is 6.39. The fourth-order valence-corrected chi connectivity index (χ4v) is 4.70. The summed E-state index contributed by atoms with van der Waals surface area (Å²) < 4.78 is 6.06. The molecule has 0 aromatic rings. The molecule has 0 saturated carbocycles. The van der Waals surface area contributed by atoms with Gasteiger partial charge >= 0.3 is 0 Å². The van der Waals surface area contributed by atoms with Crippen molar-refractivity contribution in [2.24, 2.45) is 5.92 Å². The van der Waals surface area contributed by atoms with Gasteiger partial charge in [0.05, 0.1) is 6.61 Å². The largest absolute Gasteiger partial charge is 0.370 e. The minimum absolute atomic E-state index is 0.114. The maximum atomic E-state index is 6.06. The van der Waals surface area contributed by atoms with Gasteiger partial charge in [0.15, 0.2) is 0 Å². The number of piperazine rings is 1. The first kappa shape index (κ1) is 14.4. The fourth-order valence-electron chi connectivity index (χ4n) is 4.70. The molecule has 0 radical (unpaired) electrons. The molecule has 5 nitrogen and oxygen atoms in total. The summed E-state index contributed by atoms with van der Waals surface area (Å²) in [6.07, 6.45) is 1.35. The number of hydrogen-bond donors (Lipinski definition) is 2. The third-order valence-electron chi connectivity index (χ3n) is 6.39. The average Bonchev–Trinajstić information content (AvgIpc) is 2.90. The molecule has 4 aliphatic heterocycles. The third kappa shape index (κ3) is 2.43. The first-order valence-electron chi connectivity index (χ1n) is 8.64. The molecule has 120 valence electrons. The second kappa shape index (κ2) is 5.17. The highest BCUT2D eigenvalue weighted by Crippen LogP contribution is 2.41. The summed E-state index contributed by atoms with van der Waals surface area (Å²) in [6, 6.07) is 0.769. The number of fused-ring (bicyclic) bond motifs is 1. The van der Waals surface area contributed by atoms with Crippen molar-refractivity contribution in [3.05, 3.63) is 0 Å². The molecule has 4 saturated heterocycles. The van der Waals surface area contributed by atoms with Crippen LogP contribution in [0, 0.1) is 5.92 Å². The van der Waals surface area contributed by atoms with Crippen LogP contribution in [-0.2, 0) is 4.74 Å². The van der Waals surface area contributed by atoms with E-state index in [1.165, 1.54) is 26.1 Å². The van der Waals surface area contributed by atoms with Crippen LogP contribution in [0.4, 0.5) is 0 Å². The van der Waals surface area contributed by atoms with E-state index in [4.69, 9.17) is 4.74 Å². The Labute approximate surface area is 128 Å². The molecule has 1 unspecified atom stereocenters. The Morgan fingerprint density at radius 1 is 1.19 bits per heavy atom. The molecular weight excluding hydrogens is 264 g/mol. The molecular formula is C16H30N4O. The van der Waals surface area contributed by atoms with Crippen LogP contribution in [0.15, 0.2) is 0 Å². The van der Waals surface area contributed by atoms with Crippen LogP contribution in [0.25, 0.3) is 0 Å². The summed E-state index contributed by atoms with van der Waals surface area (Å²) in [4.78, 5) is 5.37. The van der Waals surface area contributed by atoms with Gasteiger partial charge in [0.1, 0.15) is 5.60 Å². The van der Waals surface area contributed by atoms with Crippen LogP contribution in [0.5, 0.6) is 0 Å². The molecule has 2 atom stereocenters. The van der Waals surface area contributed by atoms with Crippen molar-refractivity contribution in [1.82, 2.24) is 20.4 Å². The number of hydrogen-bond acceptors (Lipinski definition) is 5. The Morgan fingerprint density at radius 3 is 2.76 bits per heavy atom. The maximum Gasteiger partial charge on any atom is 0.106 e. The molecule has 2 N–H and O–H groups in total. The smallest absolute Gasteiger partial charge is 0.106 e. The van der Waals surface area contributed by atoms with Gasteiger partial charge in [0.2, 0.25) is 0 Å². The van der Waals surface area contributed by atoms with Gasteiger partial charge in [-0.1, -0.05) is 0 Å². The lowest BCUT2D eigenvalue weighted by molar-refractivity contribution is -0.188. The number of morpholine rings is 1. The lowest BCUT2D eigenvalue weighted by Gasteiger charge is -2.58. The van der Waals surface area contributed by atoms with E-state index in [0.717, 1.165) is 51.3 Å². The first-order chi connectivity index (χ1) is 10.1. The highest BCUT2D eigenvalue weighted by atomic mass is 16.5. The zero-order valence-electron chi connectivity index (χ0n) is 13.5. The SMILES string of the molecule is CC(C)(C1C[C@H]2CNCCN2C1)N1CC2(CNCCO2)C1. The Balaban J connectivity index is 1.38. The molecule has 0 aromatic carbocycles. The predicted octanol–water partition coefficient (Wildman–Crippen LogP) is -0.267. The first-order valence-corrected chi connectivity index (χ1v) is 8.64. The Kier molecular flexibility index (Phi) is 3.54. The zero-order chi connectivity index (χ0) is 14.5. The van der Waals surface area contributed by atoms with Crippen LogP contribution in [-0.4, -0.2) is 85.9 Å². The molecule has 0 aliphatic carbocycles. The quantitative estimate of drug-likeness (QED) is 0.734. The van der Waals surface area contributed by atoms with E-state index in [0.29, 0.717) is 5.54 Å². The number of rotatable bonds is 2. The molecule has 5 heteroatoms. The summed E-state index contributed by atoms with van der Waals surface area (Å²) >= 11 is 0. The summed E-state index contributed by atoms with van der Waals surface area (Å²) in [7, 11) is 0. The number of nitrogens with one attached hydrogen (secondary N) is 2. The Hall–Kier alpha value is -0.200. The summed E-state index contributed by atoms with van der Waals surface area (Å²) in [6.45, 7) is 14.9. The van der Waals surface area contributed by atoms with E-state index in [2.05, 4.69) is 34.3 Å². The standard InChI is InChI=1S/C16H30N4O/c1-15(2,13-7-14-8-17-3-5-19(14)9-13)20-11-16(12-20)10-18-4-6-21-16/h13-14,17-18H,3-12H2,1-2H3/t13?,14-/m0/s1. The molecule has 21 heavy (non-hydrogen) atoms. The lowest BCUT2D eigenvalue weighted by atomic mass is 9.78. The van der Waals surface area contributed by atoms with E-state index in [-0.39, 0.29) is 5.60 Å². The maximum absolute atomic E-state index is 6.06. The molecule has 1 spiro atoms. The van der Waals surface area contributed by atoms with Crippen LogP contribution >= 0.6 is 0 Å². The Morgan fingerprint density at radius 2 is 2.05 bits per heavy atom.